The van der Waals surface area contributed by atoms with Gasteiger partial charge in [0.05, 0.1) is 41.0 Å². The topological polar surface area (TPSA) is 118 Å². The number of nitrogens with one attached hydrogen (secondary N) is 1. The fourth-order valence-electron chi connectivity index (χ4n) is 4.25. The van der Waals surface area contributed by atoms with E-state index in [-0.39, 0.29) is 17.9 Å². The number of benzene rings is 1. The molecule has 4 rings (SSSR count). The van der Waals surface area contributed by atoms with Crippen LogP contribution in [0.15, 0.2) is 30.5 Å². The number of aliphatic hydroxyl groups excluding tert-OH is 1. The first-order valence-corrected chi connectivity index (χ1v) is 11.7. The molecule has 0 radical (unpaired) electrons. The molecule has 0 aliphatic carbocycles. The summed E-state index contributed by atoms with van der Waals surface area (Å²) in [5, 5.41) is 27.9. The van der Waals surface area contributed by atoms with Gasteiger partial charge in [-0.15, -0.1) is 0 Å². The van der Waals surface area contributed by atoms with Crippen molar-refractivity contribution in [1.29, 1.82) is 0 Å². The molecular formula is C25H29F4N5O3. The van der Waals surface area contributed by atoms with Gasteiger partial charge in [-0.2, -0.15) is 5.10 Å². The van der Waals surface area contributed by atoms with Crippen LogP contribution in [0.25, 0.3) is 11.3 Å². The molecule has 2 aromatic heterocycles. The van der Waals surface area contributed by atoms with Crippen molar-refractivity contribution in [3.05, 3.63) is 64.9 Å². The van der Waals surface area contributed by atoms with Gasteiger partial charge >= 0.3 is 0 Å². The highest BCUT2D eigenvalue weighted by molar-refractivity contribution is 5.63. The first kappa shape index (κ1) is 27.0. The average molecular weight is 524 g/mol. The molecule has 37 heavy (non-hydrogen) atoms. The number of nitrogens with zero attached hydrogens (tertiary/aromatic N) is 3. The summed E-state index contributed by atoms with van der Waals surface area (Å²) in [5.41, 5.74) is 3.65. The van der Waals surface area contributed by atoms with Gasteiger partial charge in [-0.3, -0.25) is 4.68 Å². The molecule has 1 fully saturated rings. The predicted octanol–water partition coefficient (Wildman–Crippen LogP) is 3.75. The molecule has 4 atom stereocenters. The lowest BCUT2D eigenvalue weighted by molar-refractivity contribution is 0.0246. The van der Waals surface area contributed by atoms with Gasteiger partial charge in [0.1, 0.15) is 35.4 Å². The molecule has 0 spiro atoms. The molecule has 1 aromatic carbocycles. The van der Waals surface area contributed by atoms with Gasteiger partial charge in [0.15, 0.2) is 6.23 Å². The molecule has 0 bridgehead atoms. The number of alkyl halides is 1. The summed E-state index contributed by atoms with van der Waals surface area (Å²) in [6.45, 7) is 2.53. The van der Waals surface area contributed by atoms with Crippen LogP contribution in [0.3, 0.4) is 0 Å². The smallest absolute Gasteiger partial charge is 0.168 e. The Morgan fingerprint density at radius 2 is 1.84 bits per heavy atom. The first-order valence-electron chi connectivity index (χ1n) is 11.7. The number of ether oxygens (including phenoxy) is 1. The van der Waals surface area contributed by atoms with Crippen molar-refractivity contribution in [2.24, 2.45) is 12.8 Å². The SMILES string of the molecule is Cn1ncc(NC(O)c2ccc(F)c(-c3c(F)cc(C(C)(C)O)cc3F)n2)c1[C@@H]1CC[C@@H](N)[C@H](F)CO1. The second-order valence-corrected chi connectivity index (χ2v) is 9.63. The van der Waals surface area contributed by atoms with Crippen LogP contribution in [0.1, 0.15) is 56.0 Å². The van der Waals surface area contributed by atoms with E-state index in [4.69, 9.17) is 10.5 Å². The van der Waals surface area contributed by atoms with E-state index in [1.807, 2.05) is 0 Å². The quantitative estimate of drug-likeness (QED) is 0.287. The van der Waals surface area contributed by atoms with E-state index in [1.54, 1.807) is 7.05 Å². The Bertz CT molecular complexity index is 1240. The second kappa shape index (κ2) is 10.4. The zero-order valence-electron chi connectivity index (χ0n) is 20.6. The Morgan fingerprint density at radius 1 is 1.16 bits per heavy atom. The van der Waals surface area contributed by atoms with Crippen molar-refractivity contribution in [2.75, 3.05) is 11.9 Å². The van der Waals surface area contributed by atoms with Crippen LogP contribution in [0.2, 0.25) is 0 Å². The second-order valence-electron chi connectivity index (χ2n) is 9.63. The predicted molar refractivity (Wildman–Crippen MR) is 127 cm³/mol. The molecule has 1 unspecified atom stereocenters. The number of halogens is 4. The minimum Gasteiger partial charge on any atom is -0.386 e. The number of aryl methyl sites for hydroxylation is 1. The lowest BCUT2D eigenvalue weighted by Crippen LogP contribution is -2.32. The normalized spacial score (nSPS) is 21.5. The van der Waals surface area contributed by atoms with E-state index >= 15 is 0 Å². The summed E-state index contributed by atoms with van der Waals surface area (Å²) in [7, 11) is 1.66. The summed E-state index contributed by atoms with van der Waals surface area (Å²) < 4.78 is 65.5. The van der Waals surface area contributed by atoms with E-state index < -0.39 is 58.9 Å². The van der Waals surface area contributed by atoms with E-state index in [0.717, 1.165) is 18.2 Å². The summed E-state index contributed by atoms with van der Waals surface area (Å²) in [5.74, 6) is -3.24. The number of pyridine rings is 1. The number of anilines is 1. The molecule has 8 nitrogen and oxygen atoms in total. The first-order chi connectivity index (χ1) is 17.4. The van der Waals surface area contributed by atoms with Crippen LogP contribution in [0.5, 0.6) is 0 Å². The molecule has 3 aromatic rings. The number of aromatic nitrogens is 3. The van der Waals surface area contributed by atoms with Gasteiger partial charge in [-0.1, -0.05) is 0 Å². The summed E-state index contributed by atoms with van der Waals surface area (Å²) in [6.07, 6.45) is -1.15. The van der Waals surface area contributed by atoms with Crippen LogP contribution in [0, 0.1) is 17.5 Å². The highest BCUT2D eigenvalue weighted by atomic mass is 19.1. The molecule has 5 N–H and O–H groups in total. The van der Waals surface area contributed by atoms with E-state index in [1.165, 1.54) is 30.8 Å². The summed E-state index contributed by atoms with van der Waals surface area (Å²) >= 11 is 0. The van der Waals surface area contributed by atoms with Gasteiger partial charge in [-0.25, -0.2) is 22.5 Å². The van der Waals surface area contributed by atoms with Crippen LogP contribution >= 0.6 is 0 Å². The van der Waals surface area contributed by atoms with Gasteiger partial charge in [0.25, 0.3) is 0 Å². The maximum atomic E-state index is 14.8. The standard InChI is InChI=1S/C25H29F4N5O3/c1-25(2,36)12-8-14(27)21(15(28)9-12)22-13(26)4-6-18(32-22)24(35)33-19-10-31-34(3)23(19)20-7-5-17(30)16(29)11-37-20/h4,6,8-10,16-17,20,24,33,35-36H,5,7,11,30H2,1-3H3/t16-,17-,20+,24?/m1/s1. The highest BCUT2D eigenvalue weighted by Gasteiger charge is 2.30. The summed E-state index contributed by atoms with van der Waals surface area (Å²) in [6, 6.07) is 3.27. The van der Waals surface area contributed by atoms with Crippen molar-refractivity contribution >= 4 is 5.69 Å². The Morgan fingerprint density at radius 3 is 2.49 bits per heavy atom. The molecule has 200 valence electrons. The fraction of sp³-hybridized carbons (Fsp3) is 0.440. The van der Waals surface area contributed by atoms with E-state index in [2.05, 4.69) is 15.4 Å². The Hall–Kier alpha value is -3.06. The fourth-order valence-corrected chi connectivity index (χ4v) is 4.25. The average Bonchev–Trinajstić information content (AvgIpc) is 3.09. The van der Waals surface area contributed by atoms with Gasteiger partial charge in [-0.05, 0) is 56.5 Å². The monoisotopic (exact) mass is 523 g/mol. The number of hydrogen-bond acceptors (Lipinski definition) is 7. The third-order valence-electron chi connectivity index (χ3n) is 6.40. The van der Waals surface area contributed by atoms with E-state index in [9.17, 15) is 27.8 Å². The lowest BCUT2D eigenvalue weighted by atomic mass is 9.95. The van der Waals surface area contributed by atoms with Crippen molar-refractivity contribution < 1.29 is 32.5 Å². The van der Waals surface area contributed by atoms with Gasteiger partial charge in [0.2, 0.25) is 0 Å². The lowest BCUT2D eigenvalue weighted by Gasteiger charge is -2.21. The zero-order valence-corrected chi connectivity index (χ0v) is 20.6. The maximum Gasteiger partial charge on any atom is 0.168 e. The number of nitrogens with two attached hydrogens (primary N) is 1. The molecule has 3 heterocycles. The molecule has 0 saturated carbocycles. The summed E-state index contributed by atoms with van der Waals surface area (Å²) in [4.78, 5) is 3.98. The third-order valence-corrected chi connectivity index (χ3v) is 6.40. The molecule has 12 heteroatoms. The van der Waals surface area contributed by atoms with Crippen molar-refractivity contribution in [3.8, 4) is 11.3 Å². The highest BCUT2D eigenvalue weighted by Crippen LogP contribution is 2.35. The molecule has 0 amide bonds. The van der Waals surface area contributed by atoms with E-state index in [0.29, 0.717) is 24.2 Å². The minimum atomic E-state index is -1.52. The molecule has 1 aliphatic heterocycles. The van der Waals surface area contributed by atoms with Crippen LogP contribution in [-0.4, -0.2) is 43.8 Å². The third kappa shape index (κ3) is 5.61. The van der Waals surface area contributed by atoms with Crippen molar-refractivity contribution in [1.82, 2.24) is 14.8 Å². The van der Waals surface area contributed by atoms with Gasteiger partial charge < -0.3 is 26.0 Å². The Balaban J connectivity index is 1.63. The van der Waals surface area contributed by atoms with Crippen LogP contribution in [0.4, 0.5) is 23.2 Å². The van der Waals surface area contributed by atoms with Crippen LogP contribution in [-0.2, 0) is 17.4 Å². The molecule has 1 aliphatic rings. The number of aliphatic hydroxyl groups is 2. The Labute approximate surface area is 211 Å². The van der Waals surface area contributed by atoms with Crippen molar-refractivity contribution in [3.63, 3.8) is 0 Å². The minimum absolute atomic E-state index is 0.0330. The largest absolute Gasteiger partial charge is 0.386 e. The molecule has 1 saturated heterocycles. The zero-order chi connectivity index (χ0) is 27.1. The number of hydrogen-bond donors (Lipinski definition) is 4. The number of rotatable bonds is 6. The van der Waals surface area contributed by atoms with Crippen LogP contribution < -0.4 is 11.1 Å². The molecular weight excluding hydrogens is 494 g/mol. The van der Waals surface area contributed by atoms with Gasteiger partial charge in [0, 0.05) is 13.1 Å². The Kier molecular flexibility index (Phi) is 7.56. The maximum absolute atomic E-state index is 14.8. The van der Waals surface area contributed by atoms with Crippen molar-refractivity contribution in [2.45, 2.75) is 56.8 Å².